The molecular formula is C16H15N3O4S. The second-order valence-electron chi connectivity index (χ2n) is 4.96. The highest BCUT2D eigenvalue weighted by Gasteiger charge is 2.28. The molecule has 1 aliphatic rings. The Labute approximate surface area is 142 Å². The Morgan fingerprint density at radius 2 is 2.17 bits per heavy atom. The third-order valence-electron chi connectivity index (χ3n) is 3.33. The van der Waals surface area contributed by atoms with Crippen LogP contribution in [0.4, 0.5) is 0 Å². The molecule has 0 bridgehead atoms. The van der Waals surface area contributed by atoms with Gasteiger partial charge in [-0.2, -0.15) is 0 Å². The van der Waals surface area contributed by atoms with Gasteiger partial charge < -0.3 is 14.8 Å². The molecule has 7 nitrogen and oxygen atoms in total. The number of rotatable bonds is 5. The standard InChI is InChI=1S/C16H15N3O4S/c1-22-16(21)11-8-23-15(19-11)12-9-24-13(18-12)7-17-14(20)10-5-3-2-4-6-10/h2-6,9,11H,7-8H2,1H3,(H,17,20). The minimum absolute atomic E-state index is 0.152. The molecule has 1 unspecified atom stereocenters. The molecule has 0 fully saturated rings. The summed E-state index contributed by atoms with van der Waals surface area (Å²) in [5, 5.41) is 5.31. The number of thiazole rings is 1. The monoisotopic (exact) mass is 345 g/mol. The van der Waals surface area contributed by atoms with Crippen molar-refractivity contribution in [3.63, 3.8) is 0 Å². The van der Waals surface area contributed by atoms with E-state index in [1.165, 1.54) is 18.4 Å². The lowest BCUT2D eigenvalue weighted by Gasteiger charge is -2.02. The normalized spacial score (nSPS) is 16.2. The quantitative estimate of drug-likeness (QED) is 0.827. The number of hydrogen-bond donors (Lipinski definition) is 1. The SMILES string of the molecule is COC(=O)C1COC(c2csc(CNC(=O)c3ccccc3)n2)=N1. The number of methoxy groups -OCH3 is 1. The van der Waals surface area contributed by atoms with Crippen molar-refractivity contribution in [2.45, 2.75) is 12.6 Å². The lowest BCUT2D eigenvalue weighted by molar-refractivity contribution is -0.142. The Morgan fingerprint density at radius 3 is 2.92 bits per heavy atom. The fourth-order valence-electron chi connectivity index (χ4n) is 2.11. The lowest BCUT2D eigenvalue weighted by atomic mass is 10.2. The zero-order chi connectivity index (χ0) is 16.9. The summed E-state index contributed by atoms with van der Waals surface area (Å²) >= 11 is 1.39. The highest BCUT2D eigenvalue weighted by molar-refractivity contribution is 7.09. The van der Waals surface area contributed by atoms with Gasteiger partial charge in [-0.25, -0.2) is 14.8 Å². The van der Waals surface area contributed by atoms with Gasteiger partial charge in [-0.15, -0.1) is 11.3 Å². The molecule has 124 valence electrons. The molecule has 2 heterocycles. The van der Waals surface area contributed by atoms with Crippen LogP contribution in [0.2, 0.25) is 0 Å². The Morgan fingerprint density at radius 1 is 1.38 bits per heavy atom. The van der Waals surface area contributed by atoms with Crippen molar-refractivity contribution in [1.29, 1.82) is 0 Å². The number of hydrogen-bond acceptors (Lipinski definition) is 7. The van der Waals surface area contributed by atoms with Crippen molar-refractivity contribution in [2.75, 3.05) is 13.7 Å². The number of esters is 1. The first-order valence-electron chi connectivity index (χ1n) is 7.24. The average Bonchev–Trinajstić information content (AvgIpc) is 3.29. The van der Waals surface area contributed by atoms with Gasteiger partial charge in [-0.05, 0) is 12.1 Å². The van der Waals surface area contributed by atoms with Gasteiger partial charge in [-0.3, -0.25) is 4.79 Å². The molecule has 1 N–H and O–H groups in total. The van der Waals surface area contributed by atoms with E-state index in [1.807, 2.05) is 18.2 Å². The molecule has 1 atom stereocenters. The van der Waals surface area contributed by atoms with Crippen molar-refractivity contribution >= 4 is 29.1 Å². The fraction of sp³-hybridized carbons (Fsp3) is 0.250. The molecule has 24 heavy (non-hydrogen) atoms. The summed E-state index contributed by atoms with van der Waals surface area (Å²) in [6.45, 7) is 0.464. The summed E-state index contributed by atoms with van der Waals surface area (Å²) < 4.78 is 10.0. The van der Waals surface area contributed by atoms with Crippen LogP contribution in [0.1, 0.15) is 21.1 Å². The summed E-state index contributed by atoms with van der Waals surface area (Å²) in [5.41, 5.74) is 1.15. The van der Waals surface area contributed by atoms with Crippen molar-refractivity contribution in [1.82, 2.24) is 10.3 Å². The van der Waals surface area contributed by atoms with Crippen molar-refractivity contribution in [3.05, 3.63) is 52.0 Å². The molecule has 0 saturated heterocycles. The van der Waals surface area contributed by atoms with Gasteiger partial charge in [0, 0.05) is 10.9 Å². The van der Waals surface area contributed by atoms with Crippen molar-refractivity contribution in [2.24, 2.45) is 4.99 Å². The molecule has 0 saturated carbocycles. The van der Waals surface area contributed by atoms with Gasteiger partial charge in [0.2, 0.25) is 5.90 Å². The summed E-state index contributed by atoms with van der Waals surface area (Å²) in [7, 11) is 1.31. The second kappa shape index (κ2) is 7.22. The molecule has 3 rings (SSSR count). The van der Waals surface area contributed by atoms with Crippen LogP contribution in [0.15, 0.2) is 40.7 Å². The smallest absolute Gasteiger partial charge is 0.334 e. The van der Waals surface area contributed by atoms with Gasteiger partial charge in [0.05, 0.1) is 13.7 Å². The minimum atomic E-state index is -0.645. The topological polar surface area (TPSA) is 89.9 Å². The molecule has 1 aromatic heterocycles. The molecule has 1 aromatic carbocycles. The highest BCUT2D eigenvalue weighted by Crippen LogP contribution is 2.16. The molecule has 2 aromatic rings. The van der Waals surface area contributed by atoms with Crippen LogP contribution in [0.3, 0.4) is 0 Å². The third kappa shape index (κ3) is 3.60. The van der Waals surface area contributed by atoms with Gasteiger partial charge in [0.1, 0.15) is 17.3 Å². The maximum atomic E-state index is 12.0. The molecule has 1 aliphatic heterocycles. The summed E-state index contributed by atoms with van der Waals surface area (Å²) in [5.74, 6) is -0.273. The number of aromatic nitrogens is 1. The first-order valence-corrected chi connectivity index (χ1v) is 8.12. The third-order valence-corrected chi connectivity index (χ3v) is 4.18. The van der Waals surface area contributed by atoms with Crippen LogP contribution in [-0.2, 0) is 20.8 Å². The predicted molar refractivity (Wildman–Crippen MR) is 88.0 cm³/mol. The number of benzene rings is 1. The first kappa shape index (κ1) is 16.1. The van der Waals surface area contributed by atoms with Crippen LogP contribution in [0, 0.1) is 0 Å². The average molecular weight is 345 g/mol. The Hall–Kier alpha value is -2.74. The van der Waals surface area contributed by atoms with E-state index in [0.717, 1.165) is 5.01 Å². The second-order valence-corrected chi connectivity index (χ2v) is 5.90. The fourth-order valence-corrected chi connectivity index (χ4v) is 2.82. The van der Waals surface area contributed by atoms with Crippen molar-refractivity contribution in [3.8, 4) is 0 Å². The number of nitrogens with zero attached hydrogens (tertiary/aromatic N) is 2. The number of carbonyl (C=O) groups is 2. The van der Waals surface area contributed by atoms with Gasteiger partial charge in [0.25, 0.3) is 5.91 Å². The Kier molecular flexibility index (Phi) is 4.85. The van der Waals surface area contributed by atoms with E-state index >= 15 is 0 Å². The highest BCUT2D eigenvalue weighted by atomic mass is 32.1. The zero-order valence-electron chi connectivity index (χ0n) is 12.9. The molecule has 0 spiro atoms. The maximum Gasteiger partial charge on any atom is 0.334 e. The zero-order valence-corrected chi connectivity index (χ0v) is 13.7. The van der Waals surface area contributed by atoms with E-state index in [4.69, 9.17) is 4.74 Å². The summed E-state index contributed by atoms with van der Waals surface area (Å²) in [4.78, 5) is 32.0. The summed E-state index contributed by atoms with van der Waals surface area (Å²) in [6, 6.07) is 8.32. The van der Waals surface area contributed by atoms with E-state index in [2.05, 4.69) is 20.0 Å². The van der Waals surface area contributed by atoms with Gasteiger partial charge >= 0.3 is 5.97 Å². The number of ether oxygens (including phenoxy) is 2. The van der Waals surface area contributed by atoms with Crippen molar-refractivity contribution < 1.29 is 19.1 Å². The van der Waals surface area contributed by atoms with E-state index in [0.29, 0.717) is 23.7 Å². The Balaban J connectivity index is 1.60. The molecular weight excluding hydrogens is 330 g/mol. The van der Waals surface area contributed by atoms with E-state index in [1.54, 1.807) is 17.5 Å². The van der Waals surface area contributed by atoms with Gasteiger partial charge in [0.15, 0.2) is 6.04 Å². The molecule has 8 heteroatoms. The number of nitrogens with one attached hydrogen (secondary N) is 1. The van der Waals surface area contributed by atoms with Crippen LogP contribution in [-0.4, -0.2) is 42.5 Å². The Bertz CT molecular complexity index is 773. The van der Waals surface area contributed by atoms with E-state index < -0.39 is 12.0 Å². The van der Waals surface area contributed by atoms with Gasteiger partial charge in [-0.1, -0.05) is 18.2 Å². The van der Waals surface area contributed by atoms with E-state index in [-0.39, 0.29) is 12.5 Å². The van der Waals surface area contributed by atoms with Crippen LogP contribution >= 0.6 is 11.3 Å². The summed E-state index contributed by atoms with van der Waals surface area (Å²) in [6.07, 6.45) is 0. The van der Waals surface area contributed by atoms with Crippen LogP contribution in [0.25, 0.3) is 0 Å². The first-order chi connectivity index (χ1) is 11.7. The molecule has 0 aliphatic carbocycles. The number of carbonyl (C=O) groups excluding carboxylic acids is 2. The molecule has 0 radical (unpaired) electrons. The van der Waals surface area contributed by atoms with Crippen LogP contribution in [0.5, 0.6) is 0 Å². The maximum absolute atomic E-state index is 12.0. The van der Waals surface area contributed by atoms with E-state index in [9.17, 15) is 9.59 Å². The molecule has 1 amide bonds. The number of amides is 1. The van der Waals surface area contributed by atoms with Crippen LogP contribution < -0.4 is 5.32 Å². The minimum Gasteiger partial charge on any atom is -0.473 e. The lowest BCUT2D eigenvalue weighted by Crippen LogP contribution is -2.22. The predicted octanol–water partition coefficient (Wildman–Crippen LogP) is 1.39. The number of aliphatic imine (C=N–C) groups is 1. The largest absolute Gasteiger partial charge is 0.473 e.